The summed E-state index contributed by atoms with van der Waals surface area (Å²) in [6, 6.07) is 0. The van der Waals surface area contributed by atoms with Gasteiger partial charge in [-0.3, -0.25) is 0 Å². The second-order valence-electron chi connectivity index (χ2n) is 6.62. The van der Waals surface area contributed by atoms with Crippen LogP contribution < -0.4 is 0 Å². The van der Waals surface area contributed by atoms with Gasteiger partial charge >= 0.3 is 0 Å². The van der Waals surface area contributed by atoms with E-state index < -0.39 is 14.4 Å². The van der Waals surface area contributed by atoms with Crippen LogP contribution in [0, 0.1) is 11.8 Å². The van der Waals surface area contributed by atoms with Crippen molar-refractivity contribution in [2.75, 3.05) is 13.2 Å². The second kappa shape index (κ2) is 6.85. The zero-order valence-corrected chi connectivity index (χ0v) is 13.7. The van der Waals surface area contributed by atoms with Crippen molar-refractivity contribution in [2.24, 2.45) is 11.8 Å². The van der Waals surface area contributed by atoms with E-state index in [1.54, 1.807) is 6.08 Å². The number of hydrogen-bond acceptors (Lipinski definition) is 3. The quantitative estimate of drug-likeness (QED) is 0.554. The van der Waals surface area contributed by atoms with E-state index in [0.29, 0.717) is 6.61 Å². The van der Waals surface area contributed by atoms with Gasteiger partial charge in [0, 0.05) is 18.4 Å². The fraction of sp³-hybridized carbons (Fsp3) is 0.857. The number of rotatable bonds is 7. The number of aliphatic hydroxyl groups is 2. The van der Waals surface area contributed by atoms with E-state index in [-0.39, 0.29) is 23.5 Å². The molecule has 0 amide bonds. The molecule has 0 aliphatic rings. The standard InChI is InChI=1S/C14H30O3Si/c1-8-12(9-15)13(16)11(2)10-17-18(6,7)14(3,4)5/h8,11-13,15-16H,1,9-10H2,2-7H3/t11-,12-,13+/m1/s1. The van der Waals surface area contributed by atoms with Crippen LogP contribution in [0.4, 0.5) is 0 Å². The van der Waals surface area contributed by atoms with Crippen molar-refractivity contribution in [3.63, 3.8) is 0 Å². The first-order chi connectivity index (χ1) is 8.06. The lowest BCUT2D eigenvalue weighted by atomic mass is 9.93. The third kappa shape index (κ3) is 4.84. The zero-order chi connectivity index (χ0) is 14.6. The highest BCUT2D eigenvalue weighted by molar-refractivity contribution is 6.74. The maximum Gasteiger partial charge on any atom is 0.191 e. The summed E-state index contributed by atoms with van der Waals surface area (Å²) >= 11 is 0. The Labute approximate surface area is 113 Å². The molecule has 4 heteroatoms. The maximum absolute atomic E-state index is 10.1. The van der Waals surface area contributed by atoms with Crippen molar-refractivity contribution in [1.82, 2.24) is 0 Å². The van der Waals surface area contributed by atoms with Gasteiger partial charge in [0.25, 0.3) is 0 Å². The molecule has 0 saturated carbocycles. The van der Waals surface area contributed by atoms with Gasteiger partial charge in [0.05, 0.1) is 12.7 Å². The topological polar surface area (TPSA) is 49.7 Å². The van der Waals surface area contributed by atoms with Crippen molar-refractivity contribution < 1.29 is 14.6 Å². The van der Waals surface area contributed by atoms with Gasteiger partial charge in [0.1, 0.15) is 0 Å². The van der Waals surface area contributed by atoms with E-state index in [0.717, 1.165) is 0 Å². The Morgan fingerprint density at radius 3 is 2.17 bits per heavy atom. The fourth-order valence-electron chi connectivity index (χ4n) is 1.40. The van der Waals surface area contributed by atoms with Gasteiger partial charge in [-0.15, -0.1) is 6.58 Å². The predicted molar refractivity (Wildman–Crippen MR) is 79.1 cm³/mol. The molecule has 0 heterocycles. The molecule has 0 aromatic rings. The molecule has 108 valence electrons. The van der Waals surface area contributed by atoms with Gasteiger partial charge in [-0.2, -0.15) is 0 Å². The van der Waals surface area contributed by atoms with Crippen LogP contribution in [0.2, 0.25) is 18.1 Å². The summed E-state index contributed by atoms with van der Waals surface area (Å²) in [7, 11) is -1.77. The monoisotopic (exact) mass is 274 g/mol. The van der Waals surface area contributed by atoms with Gasteiger partial charge in [0.2, 0.25) is 0 Å². The van der Waals surface area contributed by atoms with E-state index in [1.807, 2.05) is 6.92 Å². The van der Waals surface area contributed by atoms with Crippen LogP contribution in [0.5, 0.6) is 0 Å². The minimum absolute atomic E-state index is 0.00530. The first-order valence-electron chi connectivity index (χ1n) is 6.62. The van der Waals surface area contributed by atoms with Crippen LogP contribution in [0.25, 0.3) is 0 Å². The summed E-state index contributed by atoms with van der Waals surface area (Å²) in [5, 5.41) is 19.4. The summed E-state index contributed by atoms with van der Waals surface area (Å²) in [5.41, 5.74) is 0. The summed E-state index contributed by atoms with van der Waals surface area (Å²) < 4.78 is 6.08. The molecule has 0 bridgehead atoms. The molecule has 0 rings (SSSR count). The maximum atomic E-state index is 10.1. The Morgan fingerprint density at radius 2 is 1.83 bits per heavy atom. The molecule has 0 aromatic heterocycles. The summed E-state index contributed by atoms with van der Waals surface area (Å²) in [4.78, 5) is 0. The molecule has 0 spiro atoms. The largest absolute Gasteiger partial charge is 0.416 e. The molecule has 0 fully saturated rings. The van der Waals surface area contributed by atoms with E-state index >= 15 is 0 Å². The van der Waals surface area contributed by atoms with Gasteiger partial charge in [-0.25, -0.2) is 0 Å². The summed E-state index contributed by atoms with van der Waals surface area (Å²) in [5.74, 6) is -0.280. The molecule has 18 heavy (non-hydrogen) atoms. The summed E-state index contributed by atoms with van der Waals surface area (Å²) in [6.07, 6.45) is 1.00. The van der Waals surface area contributed by atoms with Crippen LogP contribution in [-0.4, -0.2) is 37.8 Å². The van der Waals surface area contributed by atoms with Crippen LogP contribution in [0.1, 0.15) is 27.7 Å². The highest BCUT2D eigenvalue weighted by Gasteiger charge is 2.38. The Bertz CT molecular complexity index is 258. The van der Waals surface area contributed by atoms with Crippen molar-refractivity contribution in [1.29, 1.82) is 0 Å². The zero-order valence-electron chi connectivity index (χ0n) is 12.7. The van der Waals surface area contributed by atoms with Crippen molar-refractivity contribution in [2.45, 2.75) is 51.9 Å². The molecular weight excluding hydrogens is 244 g/mol. The first-order valence-corrected chi connectivity index (χ1v) is 9.53. The van der Waals surface area contributed by atoms with E-state index in [4.69, 9.17) is 9.53 Å². The molecular formula is C14H30O3Si. The Kier molecular flexibility index (Phi) is 6.78. The summed E-state index contributed by atoms with van der Waals surface area (Å²) in [6.45, 7) is 17.0. The molecule has 3 atom stereocenters. The van der Waals surface area contributed by atoms with Crippen LogP contribution in [-0.2, 0) is 4.43 Å². The number of aliphatic hydroxyl groups excluding tert-OH is 2. The number of hydrogen-bond donors (Lipinski definition) is 2. The molecule has 0 aromatic carbocycles. The van der Waals surface area contributed by atoms with Crippen molar-refractivity contribution in [3.8, 4) is 0 Å². The Morgan fingerprint density at radius 1 is 1.33 bits per heavy atom. The lowest BCUT2D eigenvalue weighted by Gasteiger charge is -2.37. The van der Waals surface area contributed by atoms with E-state index in [2.05, 4.69) is 40.4 Å². The lowest BCUT2D eigenvalue weighted by molar-refractivity contribution is 0.0288. The highest BCUT2D eigenvalue weighted by Crippen LogP contribution is 2.37. The van der Waals surface area contributed by atoms with Crippen LogP contribution in [0.15, 0.2) is 12.7 Å². The molecule has 0 aliphatic heterocycles. The molecule has 0 radical (unpaired) electrons. The van der Waals surface area contributed by atoms with Gasteiger partial charge in [-0.1, -0.05) is 33.8 Å². The smallest absolute Gasteiger partial charge is 0.191 e. The van der Waals surface area contributed by atoms with Gasteiger partial charge < -0.3 is 14.6 Å². The molecule has 0 unspecified atom stereocenters. The average molecular weight is 274 g/mol. The normalized spacial score (nSPS) is 18.2. The van der Waals surface area contributed by atoms with Crippen LogP contribution in [0.3, 0.4) is 0 Å². The van der Waals surface area contributed by atoms with Gasteiger partial charge in [0.15, 0.2) is 8.32 Å². The highest BCUT2D eigenvalue weighted by atomic mass is 28.4. The van der Waals surface area contributed by atoms with Crippen molar-refractivity contribution in [3.05, 3.63) is 12.7 Å². The SMILES string of the molecule is C=C[C@H](CO)[C@@H](O)[C@H](C)CO[Si](C)(C)C(C)(C)C. The third-order valence-corrected chi connectivity index (χ3v) is 8.55. The predicted octanol–water partition coefficient (Wildman–Crippen LogP) is 2.80. The van der Waals surface area contributed by atoms with E-state index in [9.17, 15) is 5.11 Å². The van der Waals surface area contributed by atoms with E-state index in [1.165, 1.54) is 0 Å². The lowest BCUT2D eigenvalue weighted by Crippen LogP contribution is -2.43. The van der Waals surface area contributed by atoms with Crippen molar-refractivity contribution >= 4 is 8.32 Å². The van der Waals surface area contributed by atoms with Gasteiger partial charge in [-0.05, 0) is 18.1 Å². The first kappa shape index (κ1) is 17.8. The Hall–Kier alpha value is -0.163. The Balaban J connectivity index is 4.42. The average Bonchev–Trinajstić information content (AvgIpc) is 2.25. The molecule has 0 saturated heterocycles. The van der Waals surface area contributed by atoms with Crippen LogP contribution >= 0.6 is 0 Å². The third-order valence-electron chi connectivity index (χ3n) is 4.05. The molecule has 2 N–H and O–H groups in total. The molecule has 0 aliphatic carbocycles. The fourth-order valence-corrected chi connectivity index (χ4v) is 2.51. The second-order valence-corrected chi connectivity index (χ2v) is 11.4. The molecule has 3 nitrogen and oxygen atoms in total. The minimum Gasteiger partial charge on any atom is -0.416 e. The minimum atomic E-state index is -1.77.